The van der Waals surface area contributed by atoms with E-state index in [1.54, 1.807) is 19.1 Å². The maximum absolute atomic E-state index is 12.5. The number of alkyl halides is 3. The molecule has 1 aromatic rings. The summed E-state index contributed by atoms with van der Waals surface area (Å²) in [5, 5.41) is 0. The van der Waals surface area contributed by atoms with E-state index in [2.05, 4.69) is 5.43 Å². The van der Waals surface area contributed by atoms with Crippen LogP contribution in [0.4, 0.5) is 18.9 Å². The second-order valence-electron chi connectivity index (χ2n) is 4.03. The van der Waals surface area contributed by atoms with Gasteiger partial charge in [-0.2, -0.15) is 13.2 Å². The maximum Gasteiger partial charge on any atom is 0.406 e. The van der Waals surface area contributed by atoms with Crippen molar-refractivity contribution < 1.29 is 18.0 Å². The molecule has 1 aromatic carbocycles. The Kier molecular flexibility index (Phi) is 5.17. The van der Waals surface area contributed by atoms with Crippen LogP contribution in [0.3, 0.4) is 0 Å². The third-order valence-electron chi connectivity index (χ3n) is 2.46. The molecular weight excluding hydrogens is 259 g/mol. The molecule has 0 saturated heterocycles. The van der Waals surface area contributed by atoms with E-state index >= 15 is 0 Å². The molecule has 0 spiro atoms. The molecule has 106 valence electrons. The molecule has 4 nitrogen and oxygen atoms in total. The highest BCUT2D eigenvalue weighted by atomic mass is 19.4. The number of nitrogens with zero attached hydrogens (tertiary/aromatic N) is 1. The number of anilines is 1. The van der Waals surface area contributed by atoms with E-state index < -0.39 is 18.6 Å². The van der Waals surface area contributed by atoms with Crippen LogP contribution in [0.2, 0.25) is 0 Å². The smallest absolute Gasteiger partial charge is 0.329 e. The normalized spacial score (nSPS) is 11.2. The van der Waals surface area contributed by atoms with E-state index in [0.29, 0.717) is 12.1 Å². The molecule has 0 aliphatic heterocycles. The first-order valence-electron chi connectivity index (χ1n) is 5.80. The van der Waals surface area contributed by atoms with Crippen LogP contribution in [0.5, 0.6) is 0 Å². The number of benzene rings is 1. The summed E-state index contributed by atoms with van der Waals surface area (Å²) in [7, 11) is 0. The molecule has 0 radical (unpaired) electrons. The first-order chi connectivity index (χ1) is 8.89. The van der Waals surface area contributed by atoms with Crippen molar-refractivity contribution in [2.24, 2.45) is 5.84 Å². The number of nitrogens with one attached hydrogen (secondary N) is 1. The summed E-state index contributed by atoms with van der Waals surface area (Å²) < 4.78 is 37.4. The predicted octanol–water partition coefficient (Wildman–Crippen LogP) is 2.39. The maximum atomic E-state index is 12.5. The van der Waals surface area contributed by atoms with Crippen molar-refractivity contribution in [3.8, 4) is 0 Å². The van der Waals surface area contributed by atoms with Gasteiger partial charge in [0.1, 0.15) is 6.54 Å². The molecule has 0 atom stereocenters. The molecule has 7 heteroatoms. The van der Waals surface area contributed by atoms with Crippen LogP contribution in [0, 0.1) is 0 Å². The van der Waals surface area contributed by atoms with Crippen LogP contribution < -0.4 is 11.3 Å². The first-order valence-corrected chi connectivity index (χ1v) is 5.80. The number of rotatable bonds is 5. The van der Waals surface area contributed by atoms with E-state index in [-0.39, 0.29) is 12.1 Å². The third-order valence-corrected chi connectivity index (χ3v) is 2.46. The van der Waals surface area contributed by atoms with Crippen molar-refractivity contribution >= 4 is 11.6 Å². The average molecular weight is 275 g/mol. The molecule has 19 heavy (non-hydrogen) atoms. The van der Waals surface area contributed by atoms with Gasteiger partial charge in [0.05, 0.1) is 11.3 Å². The number of halogens is 3. The van der Waals surface area contributed by atoms with Crippen LogP contribution in [0.25, 0.3) is 0 Å². The van der Waals surface area contributed by atoms with Crippen molar-refractivity contribution in [1.29, 1.82) is 0 Å². The fourth-order valence-electron chi connectivity index (χ4n) is 1.70. The highest BCUT2D eigenvalue weighted by molar-refractivity contribution is 5.99. The minimum atomic E-state index is -4.42. The summed E-state index contributed by atoms with van der Waals surface area (Å²) in [6, 6.07) is 6.19. The molecule has 0 fully saturated rings. The SMILES string of the molecule is CCCN(CC(F)(F)F)C(=O)c1ccccc1NN. The fourth-order valence-corrected chi connectivity index (χ4v) is 1.70. The molecule has 1 amide bonds. The lowest BCUT2D eigenvalue weighted by Crippen LogP contribution is -2.39. The number of carbonyl (C=O) groups is 1. The molecule has 0 saturated carbocycles. The Morgan fingerprint density at radius 2 is 2.00 bits per heavy atom. The number of amides is 1. The molecule has 0 bridgehead atoms. The van der Waals surface area contributed by atoms with Crippen molar-refractivity contribution in [1.82, 2.24) is 4.90 Å². The molecule has 0 aliphatic rings. The van der Waals surface area contributed by atoms with E-state index in [4.69, 9.17) is 5.84 Å². The van der Waals surface area contributed by atoms with E-state index in [0.717, 1.165) is 4.90 Å². The Bertz CT molecular complexity index is 434. The topological polar surface area (TPSA) is 58.4 Å². The van der Waals surface area contributed by atoms with Gasteiger partial charge in [-0.15, -0.1) is 0 Å². The van der Waals surface area contributed by atoms with Crippen molar-refractivity contribution in [3.05, 3.63) is 29.8 Å². The van der Waals surface area contributed by atoms with E-state index in [1.807, 2.05) is 0 Å². The van der Waals surface area contributed by atoms with E-state index in [1.165, 1.54) is 12.1 Å². The fraction of sp³-hybridized carbons (Fsp3) is 0.417. The highest BCUT2D eigenvalue weighted by Gasteiger charge is 2.33. The average Bonchev–Trinajstić information content (AvgIpc) is 2.36. The Morgan fingerprint density at radius 1 is 1.37 bits per heavy atom. The van der Waals surface area contributed by atoms with Crippen LogP contribution in [-0.2, 0) is 0 Å². The summed E-state index contributed by atoms with van der Waals surface area (Å²) in [4.78, 5) is 12.9. The summed E-state index contributed by atoms with van der Waals surface area (Å²) >= 11 is 0. The number of nitrogen functional groups attached to an aromatic ring is 1. The van der Waals surface area contributed by atoms with E-state index in [9.17, 15) is 18.0 Å². The number of hydrogen-bond acceptors (Lipinski definition) is 3. The Labute approximate surface area is 109 Å². The van der Waals surface area contributed by atoms with Gasteiger partial charge in [-0.3, -0.25) is 10.6 Å². The highest BCUT2D eigenvalue weighted by Crippen LogP contribution is 2.21. The Hall–Kier alpha value is -1.76. The zero-order valence-electron chi connectivity index (χ0n) is 10.5. The second-order valence-corrected chi connectivity index (χ2v) is 4.03. The lowest BCUT2D eigenvalue weighted by atomic mass is 10.1. The number of hydrogen-bond donors (Lipinski definition) is 2. The van der Waals surface area contributed by atoms with Crippen LogP contribution >= 0.6 is 0 Å². The zero-order chi connectivity index (χ0) is 14.5. The molecule has 1 rings (SSSR count). The first kappa shape index (κ1) is 15.3. The van der Waals surface area contributed by atoms with Gasteiger partial charge >= 0.3 is 6.18 Å². The number of nitrogens with two attached hydrogens (primary N) is 1. The third kappa shape index (κ3) is 4.44. The van der Waals surface area contributed by atoms with Gasteiger partial charge in [-0.25, -0.2) is 0 Å². The Balaban J connectivity index is 2.99. The minimum absolute atomic E-state index is 0.0389. The number of para-hydroxylation sites is 1. The van der Waals surface area contributed by atoms with Gasteiger partial charge in [-0.05, 0) is 18.6 Å². The Morgan fingerprint density at radius 3 is 2.53 bits per heavy atom. The summed E-state index contributed by atoms with van der Waals surface area (Å²) in [6.07, 6.45) is -3.98. The van der Waals surface area contributed by atoms with Crippen molar-refractivity contribution in [2.45, 2.75) is 19.5 Å². The monoisotopic (exact) mass is 275 g/mol. The van der Waals surface area contributed by atoms with Gasteiger partial charge in [0.15, 0.2) is 0 Å². The van der Waals surface area contributed by atoms with Gasteiger partial charge in [0, 0.05) is 6.54 Å². The zero-order valence-corrected chi connectivity index (χ0v) is 10.5. The largest absolute Gasteiger partial charge is 0.406 e. The second kappa shape index (κ2) is 6.42. The summed E-state index contributed by atoms with van der Waals surface area (Å²) in [5.41, 5.74) is 2.74. The van der Waals surface area contributed by atoms with Gasteiger partial charge in [-0.1, -0.05) is 19.1 Å². The lowest BCUT2D eigenvalue weighted by molar-refractivity contribution is -0.140. The molecule has 0 aliphatic carbocycles. The predicted molar refractivity (Wildman–Crippen MR) is 66.5 cm³/mol. The molecule has 0 unspecified atom stereocenters. The van der Waals surface area contributed by atoms with Crippen LogP contribution in [0.1, 0.15) is 23.7 Å². The minimum Gasteiger partial charge on any atom is -0.329 e. The molecular formula is C12H16F3N3O. The molecule has 0 aromatic heterocycles. The van der Waals surface area contributed by atoms with Crippen molar-refractivity contribution in [2.75, 3.05) is 18.5 Å². The summed E-state index contributed by atoms with van der Waals surface area (Å²) in [6.45, 7) is 0.486. The van der Waals surface area contributed by atoms with Gasteiger partial charge in [0.25, 0.3) is 5.91 Å². The quantitative estimate of drug-likeness (QED) is 0.640. The van der Waals surface area contributed by atoms with Crippen molar-refractivity contribution in [3.63, 3.8) is 0 Å². The molecule has 3 N–H and O–H groups in total. The lowest BCUT2D eigenvalue weighted by Gasteiger charge is -2.24. The summed E-state index contributed by atoms with van der Waals surface area (Å²) in [5.74, 6) is 4.56. The van der Waals surface area contributed by atoms with Crippen LogP contribution in [0.15, 0.2) is 24.3 Å². The molecule has 0 heterocycles. The number of hydrazine groups is 1. The standard InChI is InChI=1S/C12H16F3N3O/c1-2-7-18(8-12(13,14)15)11(19)9-5-3-4-6-10(9)17-16/h3-6,17H,2,7-8,16H2,1H3. The van der Waals surface area contributed by atoms with Gasteiger partial charge < -0.3 is 10.3 Å². The van der Waals surface area contributed by atoms with Gasteiger partial charge in [0.2, 0.25) is 0 Å². The van der Waals surface area contributed by atoms with Crippen LogP contribution in [-0.4, -0.2) is 30.1 Å². The number of carbonyl (C=O) groups excluding carboxylic acids is 1.